The number of thiazole rings is 1. The molecule has 2 aromatic carbocycles. The number of hydrogen-bond acceptors (Lipinski definition) is 5. The third-order valence-corrected chi connectivity index (χ3v) is 5.63. The van der Waals surface area contributed by atoms with Gasteiger partial charge in [0, 0.05) is 17.0 Å². The van der Waals surface area contributed by atoms with Crippen LogP contribution in [0.1, 0.15) is 41.3 Å². The quantitative estimate of drug-likeness (QED) is 0.488. The van der Waals surface area contributed by atoms with Gasteiger partial charge in [-0.15, -0.1) is 11.3 Å². The fraction of sp³-hybridized carbons (Fsp3) is 0.304. The van der Waals surface area contributed by atoms with Gasteiger partial charge in [-0.25, -0.2) is 4.98 Å². The van der Waals surface area contributed by atoms with Gasteiger partial charge in [-0.2, -0.15) is 0 Å². The zero-order valence-electron chi connectivity index (χ0n) is 17.0. The van der Waals surface area contributed by atoms with Crippen LogP contribution in [0.15, 0.2) is 60.0 Å². The van der Waals surface area contributed by atoms with Gasteiger partial charge in [0.05, 0.1) is 19.3 Å². The molecule has 3 aromatic rings. The Labute approximate surface area is 175 Å². The highest BCUT2D eigenvalue weighted by Gasteiger charge is 2.21. The van der Waals surface area contributed by atoms with Crippen LogP contribution in [0.2, 0.25) is 0 Å². The Morgan fingerprint density at radius 2 is 1.79 bits per heavy atom. The summed E-state index contributed by atoms with van der Waals surface area (Å²) in [7, 11) is 1.62. The molecule has 1 amide bonds. The number of nitrogens with zero attached hydrogens (tertiary/aromatic N) is 2. The number of benzene rings is 2. The number of rotatable bonds is 9. The van der Waals surface area contributed by atoms with Crippen molar-refractivity contribution in [3.63, 3.8) is 0 Å². The zero-order chi connectivity index (χ0) is 20.6. The van der Waals surface area contributed by atoms with E-state index in [1.54, 1.807) is 7.11 Å². The summed E-state index contributed by atoms with van der Waals surface area (Å²) < 4.78 is 11.2. The lowest BCUT2D eigenvalue weighted by molar-refractivity contribution is 0.0669. The van der Waals surface area contributed by atoms with Crippen molar-refractivity contribution in [3.05, 3.63) is 76.2 Å². The summed E-state index contributed by atoms with van der Waals surface area (Å²) in [4.78, 5) is 19.6. The van der Waals surface area contributed by atoms with Crippen LogP contribution >= 0.6 is 11.3 Å². The maximum Gasteiger partial charge on any atom is 0.254 e. The van der Waals surface area contributed by atoms with Gasteiger partial charge < -0.3 is 14.4 Å². The summed E-state index contributed by atoms with van der Waals surface area (Å²) in [6, 6.07) is 17.1. The number of carbonyl (C=O) groups excluding carboxylic acids is 1. The Morgan fingerprint density at radius 1 is 1.10 bits per heavy atom. The second-order valence-electron chi connectivity index (χ2n) is 6.73. The van der Waals surface area contributed by atoms with Crippen LogP contribution in [0.5, 0.6) is 11.5 Å². The first-order valence-corrected chi connectivity index (χ1v) is 10.6. The third kappa shape index (κ3) is 5.35. The van der Waals surface area contributed by atoms with Crippen molar-refractivity contribution >= 4 is 17.2 Å². The van der Waals surface area contributed by atoms with Crippen LogP contribution in [0, 0.1) is 0 Å². The van der Waals surface area contributed by atoms with Gasteiger partial charge in [0.15, 0.2) is 11.5 Å². The van der Waals surface area contributed by atoms with Gasteiger partial charge in [-0.3, -0.25) is 4.79 Å². The first-order chi connectivity index (χ1) is 14.1. The van der Waals surface area contributed by atoms with E-state index in [0.717, 1.165) is 17.1 Å². The third-order valence-electron chi connectivity index (χ3n) is 4.76. The van der Waals surface area contributed by atoms with Crippen LogP contribution < -0.4 is 9.47 Å². The topological polar surface area (TPSA) is 51.7 Å². The largest absolute Gasteiger partial charge is 0.493 e. The van der Waals surface area contributed by atoms with E-state index in [9.17, 15) is 4.79 Å². The predicted octanol–water partition coefficient (Wildman–Crippen LogP) is 5.17. The molecule has 1 heterocycles. The lowest BCUT2D eigenvalue weighted by Crippen LogP contribution is -2.37. The van der Waals surface area contributed by atoms with Gasteiger partial charge in [0.1, 0.15) is 11.6 Å². The molecule has 1 aromatic heterocycles. The van der Waals surface area contributed by atoms with Crippen molar-refractivity contribution in [3.8, 4) is 11.5 Å². The molecular weight excluding hydrogens is 384 g/mol. The molecule has 0 spiro atoms. The minimum absolute atomic E-state index is 0.0276. The summed E-state index contributed by atoms with van der Waals surface area (Å²) in [6.07, 6.45) is 0.881. The fourth-order valence-corrected chi connectivity index (χ4v) is 3.63. The molecule has 152 valence electrons. The van der Waals surface area contributed by atoms with Crippen LogP contribution in [-0.4, -0.2) is 28.9 Å². The molecule has 0 aliphatic carbocycles. The zero-order valence-corrected chi connectivity index (χ0v) is 17.8. The average molecular weight is 411 g/mol. The first-order valence-electron chi connectivity index (χ1n) is 9.67. The second kappa shape index (κ2) is 10.1. The minimum Gasteiger partial charge on any atom is -0.493 e. The number of carbonyl (C=O) groups is 1. The highest BCUT2D eigenvalue weighted by atomic mass is 32.1. The minimum atomic E-state index is 0.0276. The van der Waals surface area contributed by atoms with Crippen LogP contribution in [0.25, 0.3) is 0 Å². The van der Waals surface area contributed by atoms with E-state index >= 15 is 0 Å². The van der Waals surface area contributed by atoms with E-state index in [1.165, 1.54) is 11.3 Å². The number of aromatic nitrogens is 1. The molecule has 5 nitrogen and oxygen atoms in total. The summed E-state index contributed by atoms with van der Waals surface area (Å²) >= 11 is 1.54. The Balaban J connectivity index is 1.68. The molecule has 0 aliphatic rings. The van der Waals surface area contributed by atoms with Crippen LogP contribution in [-0.2, 0) is 13.2 Å². The molecule has 0 aliphatic heterocycles. The maximum atomic E-state index is 13.0. The Hall–Kier alpha value is -2.86. The van der Waals surface area contributed by atoms with E-state index in [0.29, 0.717) is 30.2 Å². The van der Waals surface area contributed by atoms with Gasteiger partial charge in [0.2, 0.25) is 0 Å². The molecule has 0 saturated heterocycles. The summed E-state index contributed by atoms with van der Waals surface area (Å²) in [5.74, 6) is 1.41. The Kier molecular flexibility index (Phi) is 7.25. The molecule has 3 rings (SSSR count). The molecule has 29 heavy (non-hydrogen) atoms. The molecule has 0 radical (unpaired) electrons. The summed E-state index contributed by atoms with van der Waals surface area (Å²) in [5.41, 5.74) is 1.57. The normalized spacial score (nSPS) is 11.7. The molecule has 0 bridgehead atoms. The molecule has 0 unspecified atom stereocenters. The lowest BCUT2D eigenvalue weighted by atomic mass is 10.1. The molecule has 0 saturated carbocycles. The van der Waals surface area contributed by atoms with E-state index in [2.05, 4.69) is 18.8 Å². The van der Waals surface area contributed by atoms with Crippen molar-refractivity contribution < 1.29 is 14.3 Å². The molecule has 0 N–H and O–H groups in total. The first kappa shape index (κ1) is 20.9. The molecule has 6 heteroatoms. The summed E-state index contributed by atoms with van der Waals surface area (Å²) in [5, 5.41) is 2.86. The van der Waals surface area contributed by atoms with Gasteiger partial charge in [-0.1, -0.05) is 37.3 Å². The Morgan fingerprint density at radius 3 is 2.48 bits per heavy atom. The van der Waals surface area contributed by atoms with Crippen molar-refractivity contribution in [2.24, 2.45) is 0 Å². The van der Waals surface area contributed by atoms with E-state index in [-0.39, 0.29) is 11.9 Å². The molecule has 0 fully saturated rings. The number of ether oxygens (including phenoxy) is 2. The van der Waals surface area contributed by atoms with Crippen molar-refractivity contribution in [2.75, 3.05) is 7.11 Å². The standard InChI is InChI=1S/C23H26N2O3S/c1-4-17(2)25(23(26)18-10-6-5-7-11-18)14-19-16-29-22(24-19)15-28-21-13-9-8-12-20(21)27-3/h5-13,16-17H,4,14-15H2,1-3H3/t17-/m0/s1. The monoisotopic (exact) mass is 410 g/mol. The van der Waals surface area contributed by atoms with E-state index in [1.807, 2.05) is 64.9 Å². The van der Waals surface area contributed by atoms with Crippen LogP contribution in [0.4, 0.5) is 0 Å². The highest BCUT2D eigenvalue weighted by Crippen LogP contribution is 2.27. The van der Waals surface area contributed by atoms with E-state index in [4.69, 9.17) is 9.47 Å². The van der Waals surface area contributed by atoms with Crippen molar-refractivity contribution in [2.45, 2.75) is 39.5 Å². The van der Waals surface area contributed by atoms with Crippen molar-refractivity contribution in [1.82, 2.24) is 9.88 Å². The smallest absolute Gasteiger partial charge is 0.254 e. The average Bonchev–Trinajstić information content (AvgIpc) is 3.23. The number of para-hydroxylation sites is 2. The summed E-state index contributed by atoms with van der Waals surface area (Å²) in [6.45, 7) is 5.00. The number of amides is 1. The predicted molar refractivity (Wildman–Crippen MR) is 116 cm³/mol. The van der Waals surface area contributed by atoms with Gasteiger partial charge >= 0.3 is 0 Å². The molecule has 1 atom stereocenters. The van der Waals surface area contributed by atoms with Gasteiger partial charge in [-0.05, 0) is 37.6 Å². The van der Waals surface area contributed by atoms with Crippen LogP contribution in [0.3, 0.4) is 0 Å². The Bertz CT molecular complexity index is 927. The van der Waals surface area contributed by atoms with E-state index < -0.39 is 0 Å². The number of hydrogen-bond donors (Lipinski definition) is 0. The highest BCUT2D eigenvalue weighted by molar-refractivity contribution is 7.09. The SMILES string of the molecule is CC[C@H](C)N(Cc1csc(COc2ccccc2OC)n1)C(=O)c1ccccc1. The second-order valence-corrected chi connectivity index (χ2v) is 7.67. The lowest BCUT2D eigenvalue weighted by Gasteiger charge is -2.28. The fourth-order valence-electron chi connectivity index (χ4n) is 2.93. The molecular formula is C23H26N2O3S. The number of methoxy groups -OCH3 is 1. The van der Waals surface area contributed by atoms with Gasteiger partial charge in [0.25, 0.3) is 5.91 Å². The maximum absolute atomic E-state index is 13.0. The van der Waals surface area contributed by atoms with Crippen molar-refractivity contribution in [1.29, 1.82) is 0 Å².